The number of piperidine rings is 1. The van der Waals surface area contributed by atoms with E-state index in [2.05, 4.69) is 20.3 Å². The molecule has 1 fully saturated rings. The third kappa shape index (κ3) is 4.44. The number of hydrogen-bond acceptors (Lipinski definition) is 5. The van der Waals surface area contributed by atoms with E-state index in [-0.39, 0.29) is 5.91 Å². The van der Waals surface area contributed by atoms with Gasteiger partial charge in [0.1, 0.15) is 17.4 Å². The lowest BCUT2D eigenvalue weighted by Gasteiger charge is -2.32. The molecule has 3 rings (SSSR count). The quantitative estimate of drug-likeness (QED) is 0.868. The zero-order chi connectivity index (χ0) is 16.9. The Kier molecular flexibility index (Phi) is 5.30. The van der Waals surface area contributed by atoms with E-state index in [0.29, 0.717) is 19.0 Å². The second-order valence-electron chi connectivity index (χ2n) is 6.49. The number of amides is 1. The molecule has 1 aliphatic rings. The highest BCUT2D eigenvalue weighted by Crippen LogP contribution is 2.18. The third-order valence-electron chi connectivity index (χ3n) is 4.40. The smallest absolute Gasteiger partial charge is 0.234 e. The first kappa shape index (κ1) is 16.7. The molecular formula is C17H25N5O2. The van der Waals surface area contributed by atoms with E-state index >= 15 is 0 Å². The van der Waals surface area contributed by atoms with Crippen molar-refractivity contribution in [2.45, 2.75) is 39.8 Å². The fourth-order valence-electron chi connectivity index (χ4n) is 3.28. The molecule has 3 heterocycles. The highest BCUT2D eigenvalue weighted by atomic mass is 16.3. The Morgan fingerprint density at radius 2 is 2.33 bits per heavy atom. The lowest BCUT2D eigenvalue weighted by atomic mass is 9.98. The summed E-state index contributed by atoms with van der Waals surface area (Å²) in [5, 5.41) is 7.35. The van der Waals surface area contributed by atoms with Crippen molar-refractivity contribution in [3.05, 3.63) is 35.8 Å². The number of aryl methyl sites for hydroxylation is 2. The van der Waals surface area contributed by atoms with Crippen molar-refractivity contribution in [1.29, 1.82) is 0 Å². The summed E-state index contributed by atoms with van der Waals surface area (Å²) in [6.45, 7) is 7.56. The maximum absolute atomic E-state index is 12.1. The van der Waals surface area contributed by atoms with Gasteiger partial charge in [0.2, 0.25) is 5.91 Å². The average molecular weight is 331 g/mol. The number of carbonyl (C=O) groups excluding carboxylic acids is 1. The van der Waals surface area contributed by atoms with Crippen LogP contribution in [0.15, 0.2) is 22.8 Å². The summed E-state index contributed by atoms with van der Waals surface area (Å²) >= 11 is 0. The van der Waals surface area contributed by atoms with Gasteiger partial charge in [0.25, 0.3) is 0 Å². The van der Waals surface area contributed by atoms with Crippen LogP contribution in [-0.2, 0) is 17.9 Å². The Morgan fingerprint density at radius 3 is 3.04 bits per heavy atom. The predicted octanol–water partition coefficient (Wildman–Crippen LogP) is 1.52. The van der Waals surface area contributed by atoms with Crippen LogP contribution in [0.3, 0.4) is 0 Å². The molecule has 1 amide bonds. The topological polar surface area (TPSA) is 76.2 Å². The van der Waals surface area contributed by atoms with E-state index in [9.17, 15) is 4.79 Å². The van der Waals surface area contributed by atoms with Gasteiger partial charge in [-0.3, -0.25) is 9.69 Å². The second-order valence-corrected chi connectivity index (χ2v) is 6.49. The molecule has 0 aliphatic carbocycles. The van der Waals surface area contributed by atoms with Crippen LogP contribution in [-0.4, -0.2) is 45.2 Å². The van der Waals surface area contributed by atoms with Crippen molar-refractivity contribution in [3.63, 3.8) is 0 Å². The minimum atomic E-state index is 0.0415. The first-order valence-corrected chi connectivity index (χ1v) is 8.49. The molecule has 24 heavy (non-hydrogen) atoms. The largest absolute Gasteiger partial charge is 0.467 e. The van der Waals surface area contributed by atoms with E-state index in [0.717, 1.165) is 43.5 Å². The average Bonchev–Trinajstić information content (AvgIpc) is 3.16. The monoisotopic (exact) mass is 331 g/mol. The maximum Gasteiger partial charge on any atom is 0.234 e. The minimum absolute atomic E-state index is 0.0415. The van der Waals surface area contributed by atoms with E-state index in [1.165, 1.54) is 6.42 Å². The SMILES string of the molecule is Cc1nc(C)n(CC2CCCN(CC(=O)NCc3ccco3)C2)n1. The minimum Gasteiger partial charge on any atom is -0.467 e. The lowest BCUT2D eigenvalue weighted by molar-refractivity contribution is -0.122. The molecular weight excluding hydrogens is 306 g/mol. The summed E-state index contributed by atoms with van der Waals surface area (Å²) in [5.41, 5.74) is 0. The summed E-state index contributed by atoms with van der Waals surface area (Å²) in [4.78, 5) is 18.7. The highest BCUT2D eigenvalue weighted by molar-refractivity contribution is 5.77. The zero-order valence-corrected chi connectivity index (χ0v) is 14.4. The van der Waals surface area contributed by atoms with Crippen LogP contribution in [0.1, 0.15) is 30.3 Å². The molecule has 1 N–H and O–H groups in total. The van der Waals surface area contributed by atoms with E-state index in [1.807, 2.05) is 30.7 Å². The Hall–Kier alpha value is -2.15. The van der Waals surface area contributed by atoms with Crippen molar-refractivity contribution >= 4 is 5.91 Å². The maximum atomic E-state index is 12.1. The molecule has 1 saturated heterocycles. The second kappa shape index (κ2) is 7.61. The van der Waals surface area contributed by atoms with Gasteiger partial charge in [0.15, 0.2) is 0 Å². The van der Waals surface area contributed by atoms with Gasteiger partial charge in [-0.05, 0) is 51.3 Å². The van der Waals surface area contributed by atoms with Gasteiger partial charge in [-0.1, -0.05) is 0 Å². The number of likely N-dealkylation sites (tertiary alicyclic amines) is 1. The van der Waals surface area contributed by atoms with Gasteiger partial charge in [-0.15, -0.1) is 0 Å². The van der Waals surface area contributed by atoms with E-state index in [4.69, 9.17) is 4.42 Å². The molecule has 0 bridgehead atoms. The Balaban J connectivity index is 1.46. The zero-order valence-electron chi connectivity index (χ0n) is 14.4. The van der Waals surface area contributed by atoms with E-state index < -0.39 is 0 Å². The molecule has 1 aliphatic heterocycles. The number of aromatic nitrogens is 3. The van der Waals surface area contributed by atoms with Crippen molar-refractivity contribution in [3.8, 4) is 0 Å². The normalized spacial score (nSPS) is 18.7. The molecule has 0 radical (unpaired) electrons. The molecule has 2 aromatic rings. The van der Waals surface area contributed by atoms with Crippen LogP contribution >= 0.6 is 0 Å². The van der Waals surface area contributed by atoms with Crippen LogP contribution in [0.5, 0.6) is 0 Å². The number of carbonyl (C=O) groups is 1. The number of hydrogen-bond donors (Lipinski definition) is 1. The van der Waals surface area contributed by atoms with Crippen LogP contribution in [0.4, 0.5) is 0 Å². The fraction of sp³-hybridized carbons (Fsp3) is 0.588. The van der Waals surface area contributed by atoms with E-state index in [1.54, 1.807) is 6.26 Å². The van der Waals surface area contributed by atoms with Gasteiger partial charge in [0, 0.05) is 13.1 Å². The summed E-state index contributed by atoms with van der Waals surface area (Å²) in [7, 11) is 0. The molecule has 2 aromatic heterocycles. The van der Waals surface area contributed by atoms with Gasteiger partial charge in [0.05, 0.1) is 19.4 Å². The first-order valence-electron chi connectivity index (χ1n) is 8.49. The lowest BCUT2D eigenvalue weighted by Crippen LogP contribution is -2.43. The molecule has 0 saturated carbocycles. The van der Waals surface area contributed by atoms with Crippen molar-refractivity contribution in [1.82, 2.24) is 25.0 Å². The summed E-state index contributed by atoms with van der Waals surface area (Å²) in [6, 6.07) is 3.68. The molecule has 7 nitrogen and oxygen atoms in total. The number of nitrogens with zero attached hydrogens (tertiary/aromatic N) is 4. The third-order valence-corrected chi connectivity index (χ3v) is 4.40. The van der Waals surface area contributed by atoms with Crippen molar-refractivity contribution < 1.29 is 9.21 Å². The van der Waals surface area contributed by atoms with Crippen LogP contribution in [0, 0.1) is 19.8 Å². The number of furan rings is 1. The molecule has 1 unspecified atom stereocenters. The standard InChI is InChI=1S/C17H25N5O2/c1-13-19-14(2)22(20-13)11-15-5-3-7-21(10-15)12-17(23)18-9-16-6-4-8-24-16/h4,6,8,15H,3,5,7,9-12H2,1-2H3,(H,18,23). The molecule has 0 spiro atoms. The van der Waals surface area contributed by atoms with Crippen LogP contribution in [0.2, 0.25) is 0 Å². The Labute approximate surface area is 142 Å². The molecule has 1 atom stereocenters. The summed E-state index contributed by atoms with van der Waals surface area (Å²) in [5.74, 6) is 3.10. The van der Waals surface area contributed by atoms with Crippen LogP contribution in [0.25, 0.3) is 0 Å². The highest BCUT2D eigenvalue weighted by Gasteiger charge is 2.22. The Morgan fingerprint density at radius 1 is 1.46 bits per heavy atom. The fourth-order valence-corrected chi connectivity index (χ4v) is 3.28. The summed E-state index contributed by atoms with van der Waals surface area (Å²) in [6.07, 6.45) is 3.90. The molecule has 7 heteroatoms. The van der Waals surface area contributed by atoms with Crippen molar-refractivity contribution in [2.75, 3.05) is 19.6 Å². The van der Waals surface area contributed by atoms with Gasteiger partial charge in [-0.2, -0.15) is 5.10 Å². The predicted molar refractivity (Wildman–Crippen MR) is 89.2 cm³/mol. The molecule has 130 valence electrons. The summed E-state index contributed by atoms with van der Waals surface area (Å²) < 4.78 is 7.21. The van der Waals surface area contributed by atoms with Gasteiger partial charge in [-0.25, -0.2) is 9.67 Å². The van der Waals surface area contributed by atoms with Gasteiger partial charge >= 0.3 is 0 Å². The molecule has 0 aromatic carbocycles. The number of rotatable bonds is 6. The Bertz CT molecular complexity index is 665. The number of nitrogens with one attached hydrogen (secondary N) is 1. The van der Waals surface area contributed by atoms with Crippen LogP contribution < -0.4 is 5.32 Å². The van der Waals surface area contributed by atoms with Crippen molar-refractivity contribution in [2.24, 2.45) is 5.92 Å². The first-order chi connectivity index (χ1) is 11.6. The van der Waals surface area contributed by atoms with Gasteiger partial charge < -0.3 is 9.73 Å².